The molecule has 2 atom stereocenters. The molecular weight excluding hydrogens is 418 g/mol. The molecule has 7 heteroatoms. The van der Waals surface area contributed by atoms with Gasteiger partial charge in [-0.25, -0.2) is 4.98 Å². The average molecular weight is 446 g/mol. The van der Waals surface area contributed by atoms with Crippen LogP contribution in [0.5, 0.6) is 0 Å². The van der Waals surface area contributed by atoms with Crippen LogP contribution >= 0.6 is 11.3 Å². The third-order valence-corrected chi connectivity index (χ3v) is 8.42. The lowest BCUT2D eigenvalue weighted by atomic mass is 9.81. The van der Waals surface area contributed by atoms with Crippen LogP contribution in [-0.4, -0.2) is 28.4 Å². The van der Waals surface area contributed by atoms with Gasteiger partial charge in [0, 0.05) is 23.5 Å². The van der Waals surface area contributed by atoms with E-state index in [-0.39, 0.29) is 28.7 Å². The van der Waals surface area contributed by atoms with Crippen molar-refractivity contribution in [3.63, 3.8) is 0 Å². The quantitative estimate of drug-likeness (QED) is 0.574. The molecule has 1 aliphatic carbocycles. The Hall–Kier alpha value is -3.11. The summed E-state index contributed by atoms with van der Waals surface area (Å²) in [6.45, 7) is 7.60. The number of piperidine rings is 1. The number of amides is 1. The number of nitrogen functional groups attached to an aromatic ring is 2. The molecule has 5 rings (SSSR count). The Morgan fingerprint density at radius 1 is 1.25 bits per heavy atom. The number of anilines is 2. The van der Waals surface area contributed by atoms with Gasteiger partial charge < -0.3 is 16.4 Å². The first-order valence-electron chi connectivity index (χ1n) is 10.9. The molecule has 6 nitrogen and oxygen atoms in total. The monoisotopic (exact) mass is 445 g/mol. The first-order valence-corrected chi connectivity index (χ1v) is 11.7. The van der Waals surface area contributed by atoms with Gasteiger partial charge >= 0.3 is 0 Å². The van der Waals surface area contributed by atoms with Crippen LogP contribution < -0.4 is 11.5 Å². The fourth-order valence-electron chi connectivity index (χ4n) is 6.01. The Bertz CT molecular complexity index is 1290. The number of thiophene rings is 1. The highest BCUT2D eigenvalue weighted by molar-refractivity contribution is 7.21. The van der Waals surface area contributed by atoms with E-state index >= 15 is 0 Å². The van der Waals surface area contributed by atoms with Gasteiger partial charge in [-0.15, -0.1) is 11.3 Å². The molecule has 2 unspecified atom stereocenters. The minimum atomic E-state index is -0.0383. The number of likely N-dealkylation sites (tertiary alicyclic amines) is 1. The summed E-state index contributed by atoms with van der Waals surface area (Å²) in [4.78, 5) is 21.3. The summed E-state index contributed by atoms with van der Waals surface area (Å²) in [5, 5.41) is 10.4. The molecule has 164 valence electrons. The van der Waals surface area contributed by atoms with Gasteiger partial charge in [0.2, 0.25) is 0 Å². The number of hydrogen-bond acceptors (Lipinski definition) is 6. The molecule has 0 radical (unpaired) electrons. The summed E-state index contributed by atoms with van der Waals surface area (Å²) >= 11 is 1.28. The Morgan fingerprint density at radius 2 is 1.97 bits per heavy atom. The van der Waals surface area contributed by atoms with Crippen molar-refractivity contribution in [3.8, 4) is 17.2 Å². The lowest BCUT2D eigenvalue weighted by Gasteiger charge is -2.40. The van der Waals surface area contributed by atoms with Gasteiger partial charge in [-0.3, -0.25) is 4.79 Å². The maximum Gasteiger partial charge on any atom is 0.266 e. The van der Waals surface area contributed by atoms with E-state index in [0.717, 1.165) is 31.4 Å². The Kier molecular flexibility index (Phi) is 4.51. The number of rotatable bonds is 2. The van der Waals surface area contributed by atoms with Crippen LogP contribution in [0.1, 0.15) is 55.3 Å². The molecule has 1 aliphatic heterocycles. The average Bonchev–Trinajstić information content (AvgIpc) is 3.17. The minimum Gasteiger partial charge on any atom is -0.397 e. The summed E-state index contributed by atoms with van der Waals surface area (Å²) in [7, 11) is 0. The number of pyridine rings is 1. The predicted octanol–water partition coefficient (Wildman–Crippen LogP) is 5.04. The first kappa shape index (κ1) is 20.8. The number of carbonyl (C=O) groups is 1. The number of benzene rings is 1. The topological polar surface area (TPSA) is 109 Å². The molecule has 2 fully saturated rings. The first-order chi connectivity index (χ1) is 15.1. The van der Waals surface area contributed by atoms with Gasteiger partial charge in [0.1, 0.15) is 27.2 Å². The van der Waals surface area contributed by atoms with Crippen LogP contribution in [0.25, 0.3) is 21.3 Å². The molecule has 0 spiro atoms. The van der Waals surface area contributed by atoms with E-state index in [9.17, 15) is 10.1 Å². The highest BCUT2D eigenvalue weighted by Crippen LogP contribution is 2.56. The number of nitriles is 1. The number of nitrogens with two attached hydrogens (primary N) is 2. The lowest BCUT2D eigenvalue weighted by Crippen LogP contribution is -2.48. The van der Waals surface area contributed by atoms with E-state index in [1.165, 1.54) is 11.3 Å². The molecule has 3 aromatic rings. The molecule has 1 saturated heterocycles. The van der Waals surface area contributed by atoms with Crippen LogP contribution in [0.3, 0.4) is 0 Å². The van der Waals surface area contributed by atoms with E-state index in [4.69, 9.17) is 11.5 Å². The summed E-state index contributed by atoms with van der Waals surface area (Å²) < 4.78 is 0. The van der Waals surface area contributed by atoms with Gasteiger partial charge in [-0.1, -0.05) is 51.1 Å². The summed E-state index contributed by atoms with van der Waals surface area (Å²) in [5.74, 6) is 0.119. The van der Waals surface area contributed by atoms with Gasteiger partial charge in [0.05, 0.1) is 5.69 Å². The molecule has 1 amide bonds. The molecule has 3 heterocycles. The van der Waals surface area contributed by atoms with Crippen LogP contribution in [0.15, 0.2) is 30.3 Å². The van der Waals surface area contributed by atoms with Crippen LogP contribution in [0.4, 0.5) is 11.5 Å². The molecule has 4 N–H and O–H groups in total. The van der Waals surface area contributed by atoms with Crippen LogP contribution in [0, 0.1) is 22.2 Å². The van der Waals surface area contributed by atoms with Gasteiger partial charge in [-0.05, 0) is 35.7 Å². The van der Waals surface area contributed by atoms with E-state index < -0.39 is 0 Å². The summed E-state index contributed by atoms with van der Waals surface area (Å²) in [5.41, 5.74) is 15.3. The molecule has 2 bridgehead atoms. The molecule has 32 heavy (non-hydrogen) atoms. The summed E-state index contributed by atoms with van der Waals surface area (Å²) in [6, 6.07) is 11.9. The minimum absolute atomic E-state index is 0.0383. The van der Waals surface area contributed by atoms with Gasteiger partial charge in [0.15, 0.2) is 0 Å². The Morgan fingerprint density at radius 3 is 2.66 bits per heavy atom. The van der Waals surface area contributed by atoms with Crippen molar-refractivity contribution in [1.29, 1.82) is 5.26 Å². The fourth-order valence-corrected chi connectivity index (χ4v) is 7.08. The van der Waals surface area contributed by atoms with Gasteiger partial charge in [-0.2, -0.15) is 5.26 Å². The Labute approximate surface area is 191 Å². The standard InChI is InChI=1S/C25H27N5OS/c1-24(2)13-25(3)9-10-30(16(24)11-25)23(31)20-19(27)18-17(14-7-5-4-6-8-14)15(12-26)21(28)29-22(18)32-20/h4-8,16H,9-11,13,27H2,1-3H3,(H2,28,29). The van der Waals surface area contributed by atoms with Crippen molar-refractivity contribution in [2.45, 2.75) is 46.1 Å². The van der Waals surface area contributed by atoms with Crippen molar-refractivity contribution in [2.75, 3.05) is 18.0 Å². The lowest BCUT2D eigenvalue weighted by molar-refractivity contribution is 0.0480. The van der Waals surface area contributed by atoms with Gasteiger partial charge in [0.25, 0.3) is 5.91 Å². The number of carbonyl (C=O) groups excluding carboxylic acids is 1. The second-order valence-corrected chi connectivity index (χ2v) is 11.2. The summed E-state index contributed by atoms with van der Waals surface area (Å²) in [6.07, 6.45) is 3.15. The zero-order valence-electron chi connectivity index (χ0n) is 18.6. The number of nitrogens with zero attached hydrogens (tertiary/aromatic N) is 3. The predicted molar refractivity (Wildman–Crippen MR) is 129 cm³/mol. The largest absolute Gasteiger partial charge is 0.397 e. The second kappa shape index (κ2) is 6.94. The maximum absolute atomic E-state index is 13.8. The fraction of sp³-hybridized carbons (Fsp3) is 0.400. The SMILES string of the molecule is CC12CCN(C(=O)c3sc4nc(N)c(C#N)c(-c5ccccc5)c4c3N)C(C1)C(C)(C)C2. The molecule has 2 aromatic heterocycles. The number of aromatic nitrogens is 1. The van der Waals surface area contributed by atoms with E-state index in [1.54, 1.807) is 0 Å². The zero-order valence-corrected chi connectivity index (χ0v) is 19.4. The third kappa shape index (κ3) is 2.97. The molecule has 1 saturated carbocycles. The van der Waals surface area contributed by atoms with Crippen molar-refractivity contribution in [1.82, 2.24) is 9.88 Å². The van der Waals surface area contributed by atoms with Crippen molar-refractivity contribution in [3.05, 3.63) is 40.8 Å². The molecule has 1 aromatic carbocycles. The van der Waals surface area contributed by atoms with Crippen molar-refractivity contribution < 1.29 is 4.79 Å². The highest BCUT2D eigenvalue weighted by Gasteiger charge is 2.53. The van der Waals surface area contributed by atoms with E-state index in [2.05, 4.69) is 31.8 Å². The van der Waals surface area contributed by atoms with Crippen LogP contribution in [-0.2, 0) is 0 Å². The third-order valence-electron chi connectivity index (χ3n) is 7.34. The van der Waals surface area contributed by atoms with E-state index in [0.29, 0.717) is 31.8 Å². The zero-order chi connectivity index (χ0) is 22.8. The van der Waals surface area contributed by atoms with E-state index in [1.807, 2.05) is 35.2 Å². The molecular formula is C25H27N5OS. The Balaban J connectivity index is 1.67. The maximum atomic E-state index is 13.8. The normalized spacial score (nSPS) is 23.9. The highest BCUT2D eigenvalue weighted by atomic mass is 32.1. The second-order valence-electron chi connectivity index (χ2n) is 10.2. The van der Waals surface area contributed by atoms with Crippen molar-refractivity contribution in [2.24, 2.45) is 10.8 Å². The number of hydrogen-bond donors (Lipinski definition) is 2. The smallest absolute Gasteiger partial charge is 0.266 e. The van der Waals surface area contributed by atoms with Crippen molar-refractivity contribution >= 4 is 39.0 Å². The molecule has 2 aliphatic rings. The van der Waals surface area contributed by atoms with Crippen LogP contribution in [0.2, 0.25) is 0 Å². The number of fused-ring (bicyclic) bond motifs is 3.